The van der Waals surface area contributed by atoms with Crippen molar-refractivity contribution in [2.45, 2.75) is 65.7 Å². The average Bonchev–Trinajstić information content (AvgIpc) is 2.72. The minimum atomic E-state index is 1.25. The first-order valence-corrected chi connectivity index (χ1v) is 8.23. The summed E-state index contributed by atoms with van der Waals surface area (Å²) >= 11 is 5.37. The van der Waals surface area contributed by atoms with Crippen molar-refractivity contribution in [3.63, 3.8) is 0 Å². The van der Waals surface area contributed by atoms with E-state index < -0.39 is 0 Å². The van der Waals surface area contributed by atoms with E-state index in [4.69, 9.17) is 0 Å². The molecule has 0 nitrogen and oxygen atoms in total. The molecule has 1 rings (SSSR count). The smallest absolute Gasteiger partial charge is 0.0730 e. The maximum Gasteiger partial charge on any atom is 0.0730 e. The Hall–Kier alpha value is 0.180. The number of aryl methyl sites for hydroxylation is 1. The van der Waals surface area contributed by atoms with Gasteiger partial charge in [-0.2, -0.15) is 0 Å². The van der Waals surface area contributed by atoms with E-state index in [0.29, 0.717) is 0 Å². The van der Waals surface area contributed by atoms with Crippen LogP contribution in [0.25, 0.3) is 0 Å². The second-order valence-corrected chi connectivity index (χ2v) is 5.97. The van der Waals surface area contributed by atoms with E-state index >= 15 is 0 Å². The molecule has 0 radical (unpaired) electrons. The first-order chi connectivity index (χ1) is 7.84. The second kappa shape index (κ2) is 11.7. The van der Waals surface area contributed by atoms with Gasteiger partial charge in [0.05, 0.1) is 3.79 Å². The minimum Gasteiger partial charge on any atom is -0.137 e. The van der Waals surface area contributed by atoms with Gasteiger partial charge in [-0.05, 0) is 45.8 Å². The topological polar surface area (TPSA) is 0 Å². The molecule has 0 saturated carbocycles. The summed E-state index contributed by atoms with van der Waals surface area (Å²) < 4.78 is 1.33. The fourth-order valence-corrected chi connectivity index (χ4v) is 2.92. The summed E-state index contributed by atoms with van der Waals surface area (Å²) in [5.41, 5.74) is 1.49. The fraction of sp³-hybridized carbons (Fsp3) is 0.714. The summed E-state index contributed by atoms with van der Waals surface area (Å²) in [4.78, 5) is 0. The molecule has 0 amide bonds. The lowest BCUT2D eigenvalue weighted by Crippen LogP contribution is -1.84. The zero-order valence-electron chi connectivity index (χ0n) is 10.9. The van der Waals surface area contributed by atoms with Crippen LogP contribution in [0.15, 0.2) is 15.2 Å². The first-order valence-electron chi connectivity index (χ1n) is 6.56. The number of hydrogen-bond acceptors (Lipinski definition) is 1. The Balaban J connectivity index is 0.00000106. The van der Waals surface area contributed by atoms with Crippen LogP contribution in [-0.2, 0) is 6.42 Å². The minimum absolute atomic E-state index is 1.25. The number of unbranched alkanes of at least 4 members (excludes halogenated alkanes) is 5. The molecule has 0 spiro atoms. The molecule has 0 aliphatic carbocycles. The highest BCUT2D eigenvalue weighted by atomic mass is 79.9. The lowest BCUT2D eigenvalue weighted by Gasteiger charge is -2.00. The van der Waals surface area contributed by atoms with Crippen LogP contribution in [0.2, 0.25) is 0 Å². The molecule has 0 fully saturated rings. The Morgan fingerprint density at radius 3 is 2.25 bits per heavy atom. The molecule has 0 aliphatic heterocycles. The summed E-state index contributed by atoms with van der Waals surface area (Å²) in [6.45, 7) is 6.27. The summed E-state index contributed by atoms with van der Waals surface area (Å²) in [7, 11) is 0. The van der Waals surface area contributed by atoms with Gasteiger partial charge >= 0.3 is 0 Å². The number of hydrogen-bond donors (Lipinski definition) is 0. The van der Waals surface area contributed by atoms with Crippen molar-refractivity contribution in [2.75, 3.05) is 0 Å². The van der Waals surface area contributed by atoms with Crippen molar-refractivity contribution >= 4 is 27.3 Å². The van der Waals surface area contributed by atoms with Crippen molar-refractivity contribution < 1.29 is 0 Å². The van der Waals surface area contributed by atoms with Crippen LogP contribution in [0.5, 0.6) is 0 Å². The van der Waals surface area contributed by atoms with Crippen LogP contribution >= 0.6 is 27.3 Å². The van der Waals surface area contributed by atoms with Gasteiger partial charge in [-0.3, -0.25) is 0 Å². The maximum atomic E-state index is 3.58. The van der Waals surface area contributed by atoms with E-state index in [0.717, 1.165) is 0 Å². The Morgan fingerprint density at radius 1 is 1.06 bits per heavy atom. The number of rotatable bonds is 7. The van der Waals surface area contributed by atoms with Gasteiger partial charge in [-0.1, -0.05) is 52.9 Å². The highest BCUT2D eigenvalue weighted by molar-refractivity contribution is 9.11. The van der Waals surface area contributed by atoms with Gasteiger partial charge in [0.15, 0.2) is 0 Å². The van der Waals surface area contributed by atoms with Gasteiger partial charge in [0, 0.05) is 0 Å². The monoisotopic (exact) mass is 304 g/mol. The lowest BCUT2D eigenvalue weighted by atomic mass is 10.1. The van der Waals surface area contributed by atoms with Crippen molar-refractivity contribution in [3.8, 4) is 0 Å². The second-order valence-electron chi connectivity index (χ2n) is 3.74. The molecule has 1 aromatic heterocycles. The quantitative estimate of drug-likeness (QED) is 0.508. The van der Waals surface area contributed by atoms with Crippen molar-refractivity contribution in [3.05, 3.63) is 20.8 Å². The molecule has 0 aliphatic rings. The third-order valence-corrected chi connectivity index (χ3v) is 4.30. The SMILES string of the molecule is CC.CCCCCCCCc1ccsc1Br. The Kier molecular flexibility index (Phi) is 11.8. The predicted molar refractivity (Wildman–Crippen MR) is 80.4 cm³/mol. The molecule has 2 heteroatoms. The van der Waals surface area contributed by atoms with Crippen LogP contribution in [-0.4, -0.2) is 0 Å². The first kappa shape index (κ1) is 16.2. The van der Waals surface area contributed by atoms with Gasteiger partial charge in [0.25, 0.3) is 0 Å². The molecule has 1 heterocycles. The summed E-state index contributed by atoms with van der Waals surface area (Å²) in [5.74, 6) is 0. The maximum absolute atomic E-state index is 3.58. The largest absolute Gasteiger partial charge is 0.137 e. The van der Waals surface area contributed by atoms with Crippen molar-refractivity contribution in [1.29, 1.82) is 0 Å². The van der Waals surface area contributed by atoms with Gasteiger partial charge in [-0.15, -0.1) is 11.3 Å². The Bertz CT molecular complexity index is 243. The van der Waals surface area contributed by atoms with Crippen LogP contribution in [0.4, 0.5) is 0 Å². The van der Waals surface area contributed by atoms with Crippen molar-refractivity contribution in [2.24, 2.45) is 0 Å². The third kappa shape index (κ3) is 7.45. The molecule has 0 atom stereocenters. The molecule has 0 N–H and O–H groups in total. The predicted octanol–water partition coefficient (Wildman–Crippen LogP) is 6.44. The normalized spacial score (nSPS) is 9.75. The van der Waals surface area contributed by atoms with E-state index in [1.54, 1.807) is 11.3 Å². The van der Waals surface area contributed by atoms with Crippen LogP contribution < -0.4 is 0 Å². The van der Waals surface area contributed by atoms with E-state index in [1.165, 1.54) is 54.3 Å². The van der Waals surface area contributed by atoms with Gasteiger partial charge < -0.3 is 0 Å². The number of halogens is 1. The molecule has 94 valence electrons. The highest BCUT2D eigenvalue weighted by Gasteiger charge is 1.99. The molecule has 1 aromatic rings. The molecular formula is C14H25BrS. The van der Waals surface area contributed by atoms with Crippen LogP contribution in [0.3, 0.4) is 0 Å². The van der Waals surface area contributed by atoms with Gasteiger partial charge in [0.2, 0.25) is 0 Å². The molecule has 16 heavy (non-hydrogen) atoms. The molecule has 0 saturated heterocycles. The van der Waals surface area contributed by atoms with Crippen molar-refractivity contribution in [1.82, 2.24) is 0 Å². The van der Waals surface area contributed by atoms with Gasteiger partial charge in [-0.25, -0.2) is 0 Å². The number of thiophene rings is 1. The standard InChI is InChI=1S/C12H19BrS.C2H6/c1-2-3-4-5-6-7-8-11-9-10-14-12(11)13;1-2/h9-10H,2-8H2,1H3;1-2H3. The fourth-order valence-electron chi connectivity index (χ4n) is 1.59. The van der Waals surface area contributed by atoms with E-state index in [2.05, 4.69) is 34.3 Å². The molecule has 0 unspecified atom stereocenters. The lowest BCUT2D eigenvalue weighted by molar-refractivity contribution is 0.607. The average molecular weight is 305 g/mol. The van der Waals surface area contributed by atoms with E-state index in [1.807, 2.05) is 13.8 Å². The van der Waals surface area contributed by atoms with Crippen LogP contribution in [0, 0.1) is 0 Å². The third-order valence-electron chi connectivity index (χ3n) is 2.49. The van der Waals surface area contributed by atoms with E-state index in [9.17, 15) is 0 Å². The summed E-state index contributed by atoms with van der Waals surface area (Å²) in [6.07, 6.45) is 9.56. The Morgan fingerprint density at radius 2 is 1.69 bits per heavy atom. The molecule has 0 aromatic carbocycles. The van der Waals surface area contributed by atoms with Gasteiger partial charge in [0.1, 0.15) is 0 Å². The molecule has 0 bridgehead atoms. The summed E-state index contributed by atoms with van der Waals surface area (Å²) in [5, 5.41) is 2.16. The summed E-state index contributed by atoms with van der Waals surface area (Å²) in [6, 6.07) is 2.24. The molecular weight excluding hydrogens is 280 g/mol. The van der Waals surface area contributed by atoms with Crippen LogP contribution in [0.1, 0.15) is 64.9 Å². The zero-order valence-corrected chi connectivity index (χ0v) is 13.3. The highest BCUT2D eigenvalue weighted by Crippen LogP contribution is 2.25. The zero-order chi connectivity index (χ0) is 12.2. The Labute approximate surface area is 114 Å². The van der Waals surface area contributed by atoms with E-state index in [-0.39, 0.29) is 0 Å².